The van der Waals surface area contributed by atoms with Crippen molar-refractivity contribution < 1.29 is 9.59 Å². The number of fused-ring (bicyclic) bond motifs is 1. The van der Waals surface area contributed by atoms with Gasteiger partial charge in [-0.15, -0.1) is 0 Å². The normalized spacial score (nSPS) is 26.2. The maximum absolute atomic E-state index is 13.4. The predicted octanol–water partition coefficient (Wildman–Crippen LogP) is 4.79. The molecule has 0 spiro atoms. The number of hydrogen-bond donors (Lipinski definition) is 2. The Morgan fingerprint density at radius 2 is 1.68 bits per heavy atom. The van der Waals surface area contributed by atoms with E-state index in [9.17, 15) is 14.4 Å². The molecule has 41 heavy (non-hydrogen) atoms. The molecule has 5 atom stereocenters. The largest absolute Gasteiger partial charge is 0.351 e. The van der Waals surface area contributed by atoms with Crippen LogP contribution in [0.25, 0.3) is 16.7 Å². The molecule has 4 bridgehead atoms. The van der Waals surface area contributed by atoms with E-state index in [0.29, 0.717) is 46.3 Å². The Kier molecular flexibility index (Phi) is 6.25. The maximum Gasteiger partial charge on any atom is 0.251 e. The van der Waals surface area contributed by atoms with E-state index in [4.69, 9.17) is 0 Å². The number of nitrogens with one attached hydrogen (secondary N) is 2. The van der Waals surface area contributed by atoms with Crippen LogP contribution in [0.3, 0.4) is 0 Å². The highest BCUT2D eigenvalue weighted by Gasteiger charge is 2.56. The number of amides is 2. The van der Waals surface area contributed by atoms with Crippen molar-refractivity contribution in [2.45, 2.75) is 57.0 Å². The van der Waals surface area contributed by atoms with E-state index in [1.54, 1.807) is 19.2 Å². The van der Waals surface area contributed by atoms with Crippen LogP contribution in [0.5, 0.6) is 0 Å². The summed E-state index contributed by atoms with van der Waals surface area (Å²) in [6.07, 6.45) is 9.27. The molecular weight excluding hydrogens is 512 g/mol. The minimum Gasteiger partial charge on any atom is -0.351 e. The summed E-state index contributed by atoms with van der Waals surface area (Å²) in [5.74, 6) is 1.46. The van der Waals surface area contributed by atoms with Crippen molar-refractivity contribution >= 4 is 22.8 Å². The summed E-state index contributed by atoms with van der Waals surface area (Å²) in [7, 11) is 0. The van der Waals surface area contributed by atoms with Crippen molar-refractivity contribution in [3.8, 4) is 5.69 Å². The highest BCUT2D eigenvalue weighted by atomic mass is 16.2. The van der Waals surface area contributed by atoms with Gasteiger partial charge in [0, 0.05) is 54.1 Å². The van der Waals surface area contributed by atoms with Crippen LogP contribution >= 0.6 is 0 Å². The topological polar surface area (TPSA) is 93.1 Å². The van der Waals surface area contributed by atoms with Crippen LogP contribution in [-0.2, 0) is 11.2 Å². The Balaban J connectivity index is 1.09. The van der Waals surface area contributed by atoms with Crippen LogP contribution in [-0.4, -0.2) is 32.9 Å². The lowest BCUT2D eigenvalue weighted by Gasteiger charge is -2.60. The van der Waals surface area contributed by atoms with E-state index in [-0.39, 0.29) is 28.8 Å². The summed E-state index contributed by atoms with van der Waals surface area (Å²) < 4.78 is 1.97. The number of pyridine rings is 2. The number of hydrogen-bond acceptors (Lipinski definition) is 4. The van der Waals surface area contributed by atoms with Crippen molar-refractivity contribution in [3.05, 3.63) is 106 Å². The van der Waals surface area contributed by atoms with E-state index in [1.807, 2.05) is 71.4 Å². The summed E-state index contributed by atoms with van der Waals surface area (Å²) in [5.41, 5.74) is 3.74. The number of rotatable bonds is 6. The predicted molar refractivity (Wildman–Crippen MR) is 158 cm³/mol. The minimum absolute atomic E-state index is 0.0268. The monoisotopic (exact) mass is 546 g/mol. The molecule has 8 rings (SSSR count). The first-order valence-electron chi connectivity index (χ1n) is 14.6. The van der Waals surface area contributed by atoms with E-state index < -0.39 is 0 Å². The first-order valence-corrected chi connectivity index (χ1v) is 14.6. The second-order valence-corrected chi connectivity index (χ2v) is 12.4. The first-order chi connectivity index (χ1) is 19.9. The fourth-order valence-electron chi connectivity index (χ4n) is 8.14. The fraction of sp³-hybridized carbons (Fsp3) is 0.353. The van der Waals surface area contributed by atoms with Crippen molar-refractivity contribution in [1.82, 2.24) is 20.2 Å². The molecule has 7 nitrogen and oxygen atoms in total. The summed E-state index contributed by atoms with van der Waals surface area (Å²) >= 11 is 0. The van der Waals surface area contributed by atoms with Crippen LogP contribution in [0, 0.1) is 17.8 Å². The molecule has 2 aromatic carbocycles. The van der Waals surface area contributed by atoms with Crippen LogP contribution in [0.2, 0.25) is 0 Å². The van der Waals surface area contributed by atoms with Gasteiger partial charge in [0.1, 0.15) is 5.65 Å². The highest BCUT2D eigenvalue weighted by molar-refractivity contribution is 5.94. The smallest absolute Gasteiger partial charge is 0.251 e. The van der Waals surface area contributed by atoms with Gasteiger partial charge in [0.05, 0.1) is 5.39 Å². The number of aromatic nitrogens is 2. The highest BCUT2D eigenvalue weighted by Crippen LogP contribution is 2.55. The molecule has 2 heterocycles. The van der Waals surface area contributed by atoms with Crippen LogP contribution in [0.15, 0.2) is 83.9 Å². The van der Waals surface area contributed by atoms with Gasteiger partial charge in [0.2, 0.25) is 5.91 Å². The molecule has 2 N–H and O–H groups in total. The van der Waals surface area contributed by atoms with Crippen molar-refractivity contribution in [1.29, 1.82) is 0 Å². The van der Waals surface area contributed by atoms with Gasteiger partial charge < -0.3 is 15.2 Å². The Hall–Kier alpha value is -4.26. The van der Waals surface area contributed by atoms with Gasteiger partial charge in [-0.25, -0.2) is 4.98 Å². The second kappa shape index (κ2) is 9.98. The summed E-state index contributed by atoms with van der Waals surface area (Å²) in [6.45, 7) is 1.61. The third kappa shape index (κ3) is 4.73. The first kappa shape index (κ1) is 25.7. The standard InChI is InChI=1S/C34H34N4O3/c1-21(39)37-34-17-23-15-25(18-34)30(26(16-23)19-34)36-33(41)24-11-9-22(10-12-24)14-27-20-38(28-6-3-2-4-7-28)32-29(31(27)40)8-5-13-35-32/h2-13,20,23,25-26,30H,14-19H2,1H3,(H,36,41)(H,37,39)/t23-,25-,26+,30-,34-. The molecule has 7 heteroatoms. The van der Waals surface area contributed by atoms with Crippen molar-refractivity contribution in [3.63, 3.8) is 0 Å². The zero-order chi connectivity index (χ0) is 28.1. The van der Waals surface area contributed by atoms with Crippen LogP contribution < -0.4 is 16.1 Å². The lowest BCUT2D eigenvalue weighted by atomic mass is 9.51. The third-order valence-corrected chi connectivity index (χ3v) is 9.49. The zero-order valence-corrected chi connectivity index (χ0v) is 23.2. The van der Waals surface area contributed by atoms with Gasteiger partial charge in [0.25, 0.3) is 5.91 Å². The molecule has 4 aliphatic rings. The molecule has 0 unspecified atom stereocenters. The lowest BCUT2D eigenvalue weighted by Crippen LogP contribution is -2.66. The van der Waals surface area contributed by atoms with Crippen molar-refractivity contribution in [2.24, 2.45) is 17.8 Å². The van der Waals surface area contributed by atoms with Crippen molar-refractivity contribution in [2.75, 3.05) is 0 Å². The van der Waals surface area contributed by atoms with Gasteiger partial charge in [0.15, 0.2) is 5.43 Å². The molecule has 0 aliphatic heterocycles. The van der Waals surface area contributed by atoms with E-state index in [1.165, 1.54) is 0 Å². The molecule has 0 radical (unpaired) electrons. The molecule has 4 aliphatic carbocycles. The van der Waals surface area contributed by atoms with Gasteiger partial charge in [-0.1, -0.05) is 30.3 Å². The van der Waals surface area contributed by atoms with Gasteiger partial charge in [-0.3, -0.25) is 14.4 Å². The van der Waals surface area contributed by atoms with Gasteiger partial charge >= 0.3 is 0 Å². The Bertz CT molecular complexity index is 1680. The fourth-order valence-corrected chi connectivity index (χ4v) is 8.14. The average molecular weight is 547 g/mol. The third-order valence-electron chi connectivity index (χ3n) is 9.49. The van der Waals surface area contributed by atoms with Crippen LogP contribution in [0.4, 0.5) is 0 Å². The molecule has 2 aromatic heterocycles. The SMILES string of the molecule is CC(=O)N[C@]12C[C@@H]3C[C@H](C1)[C@@H](NC(=O)c1ccc(Cc4cn(-c5ccccc5)c5ncccc5c4=O)cc1)[C@@H](C3)C2. The second-order valence-electron chi connectivity index (χ2n) is 12.4. The number of nitrogens with zero attached hydrogens (tertiary/aromatic N) is 2. The number of carbonyl (C=O) groups is 2. The summed E-state index contributed by atoms with van der Waals surface area (Å²) in [4.78, 5) is 43.1. The Morgan fingerprint density at radius 3 is 2.39 bits per heavy atom. The average Bonchev–Trinajstić information content (AvgIpc) is 2.96. The molecule has 4 fully saturated rings. The minimum atomic E-state index is -0.0802. The quantitative estimate of drug-likeness (QED) is 0.364. The molecular formula is C34H34N4O3. The van der Waals surface area contributed by atoms with Gasteiger partial charge in [-0.2, -0.15) is 0 Å². The molecule has 2 amide bonds. The molecule has 4 saturated carbocycles. The Morgan fingerprint density at radius 1 is 0.951 bits per heavy atom. The molecule has 0 saturated heterocycles. The Labute approximate surface area is 239 Å². The molecule has 208 valence electrons. The lowest BCUT2D eigenvalue weighted by molar-refractivity contribution is -0.125. The maximum atomic E-state index is 13.4. The number of carbonyl (C=O) groups excluding carboxylic acids is 2. The van der Waals surface area contributed by atoms with Gasteiger partial charge in [-0.05, 0) is 91.8 Å². The van der Waals surface area contributed by atoms with E-state index in [0.717, 1.165) is 43.4 Å². The van der Waals surface area contributed by atoms with E-state index >= 15 is 0 Å². The van der Waals surface area contributed by atoms with E-state index in [2.05, 4.69) is 15.6 Å². The number of para-hydroxylation sites is 1. The zero-order valence-electron chi connectivity index (χ0n) is 23.2. The van der Waals surface area contributed by atoms with Crippen LogP contribution in [0.1, 0.15) is 60.5 Å². The number of benzene rings is 2. The summed E-state index contributed by atoms with van der Waals surface area (Å²) in [6, 6.07) is 21.3. The summed E-state index contributed by atoms with van der Waals surface area (Å²) in [5, 5.41) is 7.21. The molecule has 4 aromatic rings.